The molecule has 0 bridgehead atoms. The Labute approximate surface area is 110 Å². The van der Waals surface area contributed by atoms with E-state index in [4.69, 9.17) is 5.41 Å². The van der Waals surface area contributed by atoms with Gasteiger partial charge >= 0.3 is 0 Å². The lowest BCUT2D eigenvalue weighted by atomic mass is 10.0. The Balaban J connectivity index is 2.42. The highest BCUT2D eigenvalue weighted by Gasteiger charge is 2.06. The molecule has 0 fully saturated rings. The minimum Gasteiger partial charge on any atom is -0.300 e. The smallest absolute Gasteiger partial charge is 0.0700 e. The molecule has 0 unspecified atom stereocenters. The Morgan fingerprint density at radius 2 is 1.75 bits per heavy atom. The van der Waals surface area contributed by atoms with Crippen LogP contribution in [0, 0.1) is 5.41 Å². The van der Waals surface area contributed by atoms with E-state index in [1.165, 1.54) is 0 Å². The van der Waals surface area contributed by atoms with Crippen LogP contribution in [0.1, 0.15) is 11.1 Å². The molecule has 2 nitrogen and oxygen atoms in total. The van der Waals surface area contributed by atoms with Crippen LogP contribution in [0.2, 0.25) is 0 Å². The van der Waals surface area contributed by atoms with Crippen molar-refractivity contribution >= 4 is 37.6 Å². The quantitative estimate of drug-likeness (QED) is 0.824. The van der Waals surface area contributed by atoms with Crippen LogP contribution in [-0.4, -0.2) is 10.7 Å². The number of hydrogen-bond donors (Lipinski definition) is 1. The van der Waals surface area contributed by atoms with E-state index in [0.717, 1.165) is 20.1 Å². The molecule has 0 amide bonds. The fourth-order valence-electron chi connectivity index (χ4n) is 1.38. The number of aromatic nitrogens is 1. The zero-order valence-electron chi connectivity index (χ0n) is 8.24. The van der Waals surface area contributed by atoms with E-state index < -0.39 is 0 Å². The predicted molar refractivity (Wildman–Crippen MR) is 72.0 cm³/mol. The second-order valence-electron chi connectivity index (χ2n) is 3.27. The molecule has 0 saturated carbocycles. The van der Waals surface area contributed by atoms with Crippen molar-refractivity contribution in [2.24, 2.45) is 0 Å². The van der Waals surface area contributed by atoms with E-state index in [1.807, 2.05) is 30.3 Å². The van der Waals surface area contributed by atoms with Crippen molar-refractivity contribution in [1.82, 2.24) is 4.98 Å². The van der Waals surface area contributed by atoms with E-state index >= 15 is 0 Å². The molecule has 80 valence electrons. The minimum absolute atomic E-state index is 0.468. The highest BCUT2D eigenvalue weighted by molar-refractivity contribution is 9.11. The largest absolute Gasteiger partial charge is 0.300 e. The Bertz CT molecular complexity index is 504. The molecule has 1 heterocycles. The fraction of sp³-hybridized carbons (Fsp3) is 0. The van der Waals surface area contributed by atoms with Gasteiger partial charge in [0.2, 0.25) is 0 Å². The van der Waals surface area contributed by atoms with Crippen LogP contribution in [0.3, 0.4) is 0 Å². The second kappa shape index (κ2) is 4.89. The van der Waals surface area contributed by atoms with Crippen LogP contribution >= 0.6 is 31.9 Å². The third kappa shape index (κ3) is 2.57. The van der Waals surface area contributed by atoms with E-state index in [2.05, 4.69) is 36.8 Å². The van der Waals surface area contributed by atoms with E-state index in [9.17, 15) is 0 Å². The standard InChI is InChI=1S/C12H8Br2N2/c13-10-4-9(5-11(14)6-10)12(15)8-2-1-3-16-7-8/h1-7,15H. The summed E-state index contributed by atoms with van der Waals surface area (Å²) in [4.78, 5) is 4.01. The molecule has 2 rings (SSSR count). The zero-order valence-corrected chi connectivity index (χ0v) is 11.4. The molecule has 1 N–H and O–H groups in total. The Morgan fingerprint density at radius 3 is 2.31 bits per heavy atom. The predicted octanol–water partition coefficient (Wildman–Crippen LogP) is 4.02. The molecule has 1 aromatic heterocycles. The van der Waals surface area contributed by atoms with Gasteiger partial charge < -0.3 is 0 Å². The Kier molecular flexibility index (Phi) is 3.51. The van der Waals surface area contributed by atoms with Gasteiger partial charge in [-0.05, 0) is 30.3 Å². The van der Waals surface area contributed by atoms with Crippen molar-refractivity contribution in [3.8, 4) is 0 Å². The summed E-state index contributed by atoms with van der Waals surface area (Å²) in [7, 11) is 0. The van der Waals surface area contributed by atoms with Crippen LogP contribution in [0.5, 0.6) is 0 Å². The van der Waals surface area contributed by atoms with Crippen molar-refractivity contribution in [3.63, 3.8) is 0 Å². The molecule has 0 atom stereocenters. The zero-order chi connectivity index (χ0) is 11.5. The van der Waals surface area contributed by atoms with Crippen molar-refractivity contribution < 1.29 is 0 Å². The Morgan fingerprint density at radius 1 is 1.06 bits per heavy atom. The molecule has 1 aromatic carbocycles. The third-order valence-corrected chi connectivity index (χ3v) is 3.02. The minimum atomic E-state index is 0.468. The number of rotatable bonds is 2. The summed E-state index contributed by atoms with van der Waals surface area (Å²) in [6.07, 6.45) is 3.39. The van der Waals surface area contributed by atoms with E-state index in [0.29, 0.717) is 5.71 Å². The summed E-state index contributed by atoms with van der Waals surface area (Å²) in [5, 5.41) is 8.08. The van der Waals surface area contributed by atoms with Gasteiger partial charge in [-0.25, -0.2) is 0 Å². The molecule has 0 radical (unpaired) electrons. The lowest BCUT2D eigenvalue weighted by molar-refractivity contribution is 1.30. The maximum atomic E-state index is 8.08. The highest BCUT2D eigenvalue weighted by atomic mass is 79.9. The third-order valence-electron chi connectivity index (χ3n) is 2.10. The normalized spacial score (nSPS) is 10.1. The van der Waals surface area contributed by atoms with Crippen LogP contribution in [0.25, 0.3) is 0 Å². The summed E-state index contributed by atoms with van der Waals surface area (Å²) >= 11 is 6.82. The number of halogens is 2. The van der Waals surface area contributed by atoms with Crippen molar-refractivity contribution in [2.45, 2.75) is 0 Å². The molecular formula is C12H8Br2N2. The lowest BCUT2D eigenvalue weighted by Crippen LogP contribution is -2.01. The van der Waals surface area contributed by atoms with Gasteiger partial charge in [-0.3, -0.25) is 10.4 Å². The molecule has 4 heteroatoms. The van der Waals surface area contributed by atoms with Crippen molar-refractivity contribution in [3.05, 3.63) is 62.8 Å². The van der Waals surface area contributed by atoms with Crippen LogP contribution in [-0.2, 0) is 0 Å². The summed E-state index contributed by atoms with van der Waals surface area (Å²) in [6, 6.07) is 9.49. The maximum Gasteiger partial charge on any atom is 0.0700 e. The average molecular weight is 340 g/mol. The van der Waals surface area contributed by atoms with Crippen LogP contribution < -0.4 is 0 Å². The first-order chi connectivity index (χ1) is 7.66. The Hall–Kier alpha value is -1.000. The van der Waals surface area contributed by atoms with Gasteiger partial charge in [0.1, 0.15) is 0 Å². The van der Waals surface area contributed by atoms with Gasteiger partial charge in [-0.15, -0.1) is 0 Å². The van der Waals surface area contributed by atoms with Crippen LogP contribution in [0.4, 0.5) is 0 Å². The highest BCUT2D eigenvalue weighted by Crippen LogP contribution is 2.21. The van der Waals surface area contributed by atoms with Gasteiger partial charge in [0, 0.05) is 32.5 Å². The monoisotopic (exact) mass is 338 g/mol. The second-order valence-corrected chi connectivity index (χ2v) is 5.11. The summed E-state index contributed by atoms with van der Waals surface area (Å²) in [6.45, 7) is 0. The molecular weight excluding hydrogens is 332 g/mol. The summed E-state index contributed by atoms with van der Waals surface area (Å²) < 4.78 is 1.90. The van der Waals surface area contributed by atoms with E-state index in [1.54, 1.807) is 12.4 Å². The lowest BCUT2D eigenvalue weighted by Gasteiger charge is -2.05. The topological polar surface area (TPSA) is 36.7 Å². The first-order valence-electron chi connectivity index (χ1n) is 4.62. The van der Waals surface area contributed by atoms with Gasteiger partial charge in [0.05, 0.1) is 5.71 Å². The summed E-state index contributed by atoms with van der Waals surface area (Å²) in [5.74, 6) is 0. The van der Waals surface area contributed by atoms with Gasteiger partial charge in [0.25, 0.3) is 0 Å². The van der Waals surface area contributed by atoms with Crippen LogP contribution in [0.15, 0.2) is 51.7 Å². The number of nitrogens with zero attached hydrogens (tertiary/aromatic N) is 1. The van der Waals surface area contributed by atoms with Gasteiger partial charge in [-0.2, -0.15) is 0 Å². The number of benzene rings is 1. The molecule has 0 saturated heterocycles. The molecule has 0 aliphatic rings. The van der Waals surface area contributed by atoms with Gasteiger partial charge in [-0.1, -0.05) is 31.9 Å². The fourth-order valence-corrected chi connectivity index (χ4v) is 2.67. The number of hydrogen-bond acceptors (Lipinski definition) is 2. The molecule has 16 heavy (non-hydrogen) atoms. The average Bonchev–Trinajstić information content (AvgIpc) is 2.28. The SMILES string of the molecule is N=C(c1cccnc1)c1cc(Br)cc(Br)c1. The number of nitrogens with one attached hydrogen (secondary N) is 1. The van der Waals surface area contributed by atoms with Gasteiger partial charge in [0.15, 0.2) is 0 Å². The van der Waals surface area contributed by atoms with Crippen molar-refractivity contribution in [1.29, 1.82) is 5.41 Å². The molecule has 2 aromatic rings. The molecule has 0 aliphatic heterocycles. The number of pyridine rings is 1. The first kappa shape index (κ1) is 11.5. The molecule has 0 aliphatic carbocycles. The molecule has 0 spiro atoms. The van der Waals surface area contributed by atoms with Crippen molar-refractivity contribution in [2.75, 3.05) is 0 Å². The summed E-state index contributed by atoms with van der Waals surface area (Å²) in [5.41, 5.74) is 2.14. The van der Waals surface area contributed by atoms with E-state index in [-0.39, 0.29) is 0 Å². The maximum absolute atomic E-state index is 8.08. The first-order valence-corrected chi connectivity index (χ1v) is 6.21.